The van der Waals surface area contributed by atoms with Crippen LogP contribution in [-0.4, -0.2) is 37.5 Å². The van der Waals surface area contributed by atoms with E-state index in [1.807, 2.05) is 0 Å². The van der Waals surface area contributed by atoms with Gasteiger partial charge in [-0.2, -0.15) is 0 Å². The quantitative estimate of drug-likeness (QED) is 0.835. The topological polar surface area (TPSA) is 84.0 Å². The summed E-state index contributed by atoms with van der Waals surface area (Å²) in [5, 5.41) is 3.25. The van der Waals surface area contributed by atoms with Crippen molar-refractivity contribution in [3.8, 4) is 0 Å². The predicted octanol–water partition coefficient (Wildman–Crippen LogP) is 0.319. The molecule has 0 amide bonds. The first-order chi connectivity index (χ1) is 8.18. The second-order valence-electron chi connectivity index (χ2n) is 4.04. The molecule has 6 nitrogen and oxygen atoms in total. The molecule has 0 radical (unpaired) electrons. The van der Waals surface area contributed by atoms with Crippen molar-refractivity contribution in [2.45, 2.75) is 30.3 Å². The van der Waals surface area contributed by atoms with Gasteiger partial charge in [-0.25, -0.2) is 18.1 Å². The van der Waals surface area contributed by atoms with Crippen molar-refractivity contribution in [2.75, 3.05) is 13.1 Å². The van der Waals surface area contributed by atoms with Crippen LogP contribution in [0, 0.1) is 0 Å². The molecule has 1 aromatic heterocycles. The number of nitrogens with one attached hydrogen (secondary N) is 2. The Balaban J connectivity index is 0.00000162. The van der Waals surface area contributed by atoms with Crippen molar-refractivity contribution >= 4 is 22.4 Å². The molecule has 1 fully saturated rings. The first kappa shape index (κ1) is 15.3. The highest BCUT2D eigenvalue weighted by Gasteiger charge is 2.19. The third-order valence-corrected chi connectivity index (χ3v) is 4.06. The van der Waals surface area contributed by atoms with Crippen LogP contribution in [0.2, 0.25) is 0 Å². The molecule has 0 saturated carbocycles. The third kappa shape index (κ3) is 4.16. The highest BCUT2D eigenvalue weighted by molar-refractivity contribution is 7.89. The van der Waals surface area contributed by atoms with E-state index in [1.165, 1.54) is 18.6 Å². The molecule has 2 heterocycles. The molecular weight excluding hydrogens is 276 g/mol. The summed E-state index contributed by atoms with van der Waals surface area (Å²) in [7, 11) is -3.52. The minimum Gasteiger partial charge on any atom is -0.313 e. The van der Waals surface area contributed by atoms with Gasteiger partial charge in [0.25, 0.3) is 10.0 Å². The largest absolute Gasteiger partial charge is 0.313 e. The molecule has 1 atom stereocenters. The molecule has 8 heteroatoms. The molecule has 2 rings (SSSR count). The number of aromatic nitrogens is 2. The van der Waals surface area contributed by atoms with Crippen molar-refractivity contribution in [3.05, 3.63) is 18.6 Å². The van der Waals surface area contributed by atoms with Gasteiger partial charge < -0.3 is 5.32 Å². The smallest absolute Gasteiger partial charge is 0.259 e. The maximum atomic E-state index is 11.8. The number of rotatable bonds is 4. The Morgan fingerprint density at radius 2 is 2.22 bits per heavy atom. The Morgan fingerprint density at radius 1 is 1.39 bits per heavy atom. The lowest BCUT2D eigenvalue weighted by atomic mass is 10.1. The van der Waals surface area contributed by atoms with E-state index in [2.05, 4.69) is 20.0 Å². The summed E-state index contributed by atoms with van der Waals surface area (Å²) in [6.45, 7) is 1.36. The van der Waals surface area contributed by atoms with Gasteiger partial charge in [-0.05, 0) is 19.4 Å². The molecule has 1 saturated heterocycles. The predicted molar refractivity (Wildman–Crippen MR) is 70.1 cm³/mol. The Bertz CT molecular complexity index is 448. The Labute approximate surface area is 113 Å². The number of hydrogen-bond donors (Lipinski definition) is 2. The van der Waals surface area contributed by atoms with E-state index in [-0.39, 0.29) is 23.5 Å². The van der Waals surface area contributed by atoms with E-state index < -0.39 is 10.0 Å². The number of piperidine rings is 1. The Hall–Kier alpha value is -0.760. The van der Waals surface area contributed by atoms with Crippen molar-refractivity contribution in [1.82, 2.24) is 20.0 Å². The van der Waals surface area contributed by atoms with Crippen LogP contribution in [0.3, 0.4) is 0 Å². The van der Waals surface area contributed by atoms with Gasteiger partial charge >= 0.3 is 0 Å². The van der Waals surface area contributed by atoms with Crippen LogP contribution in [-0.2, 0) is 10.0 Å². The normalized spacial score (nSPS) is 20.1. The SMILES string of the molecule is Cl.O=S(=O)(NCC1CCCCN1)c1cnccn1. The fraction of sp³-hybridized carbons (Fsp3) is 0.600. The molecule has 18 heavy (non-hydrogen) atoms. The van der Waals surface area contributed by atoms with Gasteiger partial charge in [0.05, 0.1) is 6.20 Å². The van der Waals surface area contributed by atoms with Crippen LogP contribution >= 0.6 is 12.4 Å². The summed E-state index contributed by atoms with van der Waals surface area (Å²) >= 11 is 0. The van der Waals surface area contributed by atoms with Crippen LogP contribution < -0.4 is 10.0 Å². The van der Waals surface area contributed by atoms with Gasteiger partial charge in [0, 0.05) is 25.0 Å². The lowest BCUT2D eigenvalue weighted by Crippen LogP contribution is -2.43. The monoisotopic (exact) mass is 292 g/mol. The van der Waals surface area contributed by atoms with Crippen LogP contribution in [0.4, 0.5) is 0 Å². The minimum absolute atomic E-state index is 0. The van der Waals surface area contributed by atoms with Crippen LogP contribution in [0.1, 0.15) is 19.3 Å². The molecule has 102 valence electrons. The van der Waals surface area contributed by atoms with E-state index in [9.17, 15) is 8.42 Å². The van der Waals surface area contributed by atoms with E-state index >= 15 is 0 Å². The summed E-state index contributed by atoms with van der Waals surface area (Å²) in [5.41, 5.74) is 0. The molecule has 1 aromatic rings. The summed E-state index contributed by atoms with van der Waals surface area (Å²) in [4.78, 5) is 7.53. The summed E-state index contributed by atoms with van der Waals surface area (Å²) in [6, 6.07) is 0.218. The van der Waals surface area contributed by atoms with Gasteiger partial charge in [0.2, 0.25) is 0 Å². The average Bonchev–Trinajstić information content (AvgIpc) is 2.39. The first-order valence-corrected chi connectivity index (χ1v) is 7.16. The maximum Gasteiger partial charge on any atom is 0.259 e. The zero-order valence-corrected chi connectivity index (χ0v) is 11.5. The fourth-order valence-electron chi connectivity index (χ4n) is 1.81. The van der Waals surface area contributed by atoms with Crippen molar-refractivity contribution in [3.63, 3.8) is 0 Å². The van der Waals surface area contributed by atoms with Crippen LogP contribution in [0.25, 0.3) is 0 Å². The van der Waals surface area contributed by atoms with Gasteiger partial charge in [0.1, 0.15) is 0 Å². The molecule has 0 aliphatic carbocycles. The second-order valence-corrected chi connectivity index (χ2v) is 5.76. The number of hydrogen-bond acceptors (Lipinski definition) is 5. The third-order valence-electron chi connectivity index (χ3n) is 2.75. The van der Waals surface area contributed by atoms with E-state index in [4.69, 9.17) is 0 Å². The summed E-state index contributed by atoms with van der Waals surface area (Å²) < 4.78 is 26.2. The highest BCUT2D eigenvalue weighted by atomic mass is 35.5. The molecule has 0 spiro atoms. The van der Waals surface area contributed by atoms with Gasteiger partial charge in [-0.15, -0.1) is 12.4 Å². The Kier molecular flexibility index (Phi) is 5.94. The fourth-order valence-corrected chi connectivity index (χ4v) is 2.77. The molecule has 0 bridgehead atoms. The Morgan fingerprint density at radius 3 is 2.83 bits per heavy atom. The molecule has 1 aliphatic rings. The molecule has 0 aromatic carbocycles. The minimum atomic E-state index is -3.52. The van der Waals surface area contributed by atoms with E-state index in [0.29, 0.717) is 6.54 Å². The molecule has 2 N–H and O–H groups in total. The summed E-state index contributed by atoms with van der Waals surface area (Å²) in [5.74, 6) is 0. The molecule has 1 unspecified atom stereocenters. The van der Waals surface area contributed by atoms with Crippen molar-refractivity contribution in [2.24, 2.45) is 0 Å². The average molecular weight is 293 g/mol. The highest BCUT2D eigenvalue weighted by Crippen LogP contribution is 2.07. The summed E-state index contributed by atoms with van der Waals surface area (Å²) in [6.07, 6.45) is 7.37. The standard InChI is InChI=1S/C10H16N4O2S.ClH/c15-17(16,10-8-11-5-6-13-10)14-7-9-3-1-2-4-12-9;/h5-6,8-9,12,14H,1-4,7H2;1H. The zero-order chi connectivity index (χ0) is 12.1. The lowest BCUT2D eigenvalue weighted by molar-refractivity contribution is 0.398. The van der Waals surface area contributed by atoms with Gasteiger partial charge in [-0.3, -0.25) is 4.98 Å². The zero-order valence-electron chi connectivity index (χ0n) is 9.87. The van der Waals surface area contributed by atoms with E-state index in [0.717, 1.165) is 25.8 Å². The maximum absolute atomic E-state index is 11.8. The second kappa shape index (κ2) is 6.98. The first-order valence-electron chi connectivity index (χ1n) is 5.67. The van der Waals surface area contributed by atoms with Crippen molar-refractivity contribution in [1.29, 1.82) is 0 Å². The van der Waals surface area contributed by atoms with Crippen LogP contribution in [0.5, 0.6) is 0 Å². The van der Waals surface area contributed by atoms with Crippen LogP contribution in [0.15, 0.2) is 23.6 Å². The number of nitrogens with zero attached hydrogens (tertiary/aromatic N) is 2. The van der Waals surface area contributed by atoms with Gasteiger partial charge in [-0.1, -0.05) is 6.42 Å². The van der Waals surface area contributed by atoms with Gasteiger partial charge in [0.15, 0.2) is 5.03 Å². The molecular formula is C10H17ClN4O2S. The van der Waals surface area contributed by atoms with Crippen molar-refractivity contribution < 1.29 is 8.42 Å². The number of sulfonamides is 1. The molecule has 1 aliphatic heterocycles. The number of halogens is 1. The lowest BCUT2D eigenvalue weighted by Gasteiger charge is -2.23. The van der Waals surface area contributed by atoms with E-state index in [1.54, 1.807) is 0 Å².